The lowest BCUT2D eigenvalue weighted by Crippen LogP contribution is -2.37. The number of benzene rings is 1. The Balaban J connectivity index is 2.11. The number of para-hydroxylation sites is 2. The van der Waals surface area contributed by atoms with Crippen molar-refractivity contribution in [1.82, 2.24) is 9.88 Å². The Hall–Kier alpha value is -2.65. The van der Waals surface area contributed by atoms with Crippen molar-refractivity contribution in [2.24, 2.45) is 0 Å². The van der Waals surface area contributed by atoms with Gasteiger partial charge in [-0.1, -0.05) is 12.1 Å². The predicted octanol–water partition coefficient (Wildman–Crippen LogP) is 3.01. The molecule has 0 aliphatic heterocycles. The summed E-state index contributed by atoms with van der Waals surface area (Å²) >= 11 is 1.29. The molecule has 8 nitrogen and oxygen atoms in total. The molecule has 0 aliphatic rings. The first-order valence-electron chi connectivity index (χ1n) is 8.38. The second kappa shape index (κ2) is 10.5. The molecular formula is C18H23N3O5S. The summed E-state index contributed by atoms with van der Waals surface area (Å²) in [5.74, 6) is 0.0957. The summed E-state index contributed by atoms with van der Waals surface area (Å²) in [6, 6.07) is 6.92. The van der Waals surface area contributed by atoms with Gasteiger partial charge in [-0.2, -0.15) is 0 Å². The van der Waals surface area contributed by atoms with Crippen LogP contribution in [0.1, 0.15) is 22.4 Å². The van der Waals surface area contributed by atoms with Gasteiger partial charge < -0.3 is 24.4 Å². The lowest BCUT2D eigenvalue weighted by atomic mass is 10.3. The van der Waals surface area contributed by atoms with Gasteiger partial charge in [-0.05, 0) is 19.1 Å². The van der Waals surface area contributed by atoms with Gasteiger partial charge in [0, 0.05) is 19.0 Å². The van der Waals surface area contributed by atoms with Gasteiger partial charge in [0.2, 0.25) is 0 Å². The van der Waals surface area contributed by atoms with Crippen LogP contribution in [0.15, 0.2) is 29.6 Å². The average molecular weight is 393 g/mol. The molecule has 1 N–H and O–H groups in total. The zero-order valence-corrected chi connectivity index (χ0v) is 16.4. The third-order valence-corrected chi connectivity index (χ3v) is 4.39. The second-order valence-electron chi connectivity index (χ2n) is 5.39. The first-order valence-corrected chi connectivity index (χ1v) is 9.26. The summed E-state index contributed by atoms with van der Waals surface area (Å²) < 4.78 is 15.3. The van der Waals surface area contributed by atoms with Gasteiger partial charge in [0.1, 0.15) is 10.8 Å². The minimum Gasteiger partial charge on any atom is -0.492 e. The number of thiazole rings is 1. The second-order valence-corrected chi connectivity index (χ2v) is 6.33. The van der Waals surface area contributed by atoms with Crippen molar-refractivity contribution in [3.05, 3.63) is 40.3 Å². The highest BCUT2D eigenvalue weighted by Gasteiger charge is 2.19. The van der Waals surface area contributed by atoms with E-state index in [0.717, 1.165) is 0 Å². The molecule has 0 atom stereocenters. The van der Waals surface area contributed by atoms with E-state index in [1.165, 1.54) is 18.4 Å². The number of esters is 1. The number of rotatable bonds is 9. The maximum absolute atomic E-state index is 12.8. The summed E-state index contributed by atoms with van der Waals surface area (Å²) in [4.78, 5) is 30.1. The molecule has 0 saturated heterocycles. The third-order valence-electron chi connectivity index (χ3n) is 3.55. The van der Waals surface area contributed by atoms with E-state index in [9.17, 15) is 9.59 Å². The van der Waals surface area contributed by atoms with E-state index in [1.807, 2.05) is 19.1 Å². The van der Waals surface area contributed by atoms with Crippen molar-refractivity contribution < 1.29 is 23.8 Å². The molecule has 0 radical (unpaired) electrons. The molecule has 146 valence electrons. The largest absolute Gasteiger partial charge is 0.492 e. The van der Waals surface area contributed by atoms with Gasteiger partial charge in [-0.25, -0.2) is 14.6 Å². The Morgan fingerprint density at radius 3 is 2.74 bits per heavy atom. The normalized spacial score (nSPS) is 10.3. The van der Waals surface area contributed by atoms with Crippen LogP contribution in [0.3, 0.4) is 0 Å². The topological polar surface area (TPSA) is 90.0 Å². The fraction of sp³-hybridized carbons (Fsp3) is 0.389. The first kappa shape index (κ1) is 20.7. The minimum atomic E-state index is -0.504. The van der Waals surface area contributed by atoms with Crippen molar-refractivity contribution in [3.8, 4) is 5.75 Å². The van der Waals surface area contributed by atoms with Crippen molar-refractivity contribution in [3.63, 3.8) is 0 Å². The molecule has 27 heavy (non-hydrogen) atoms. The number of nitrogens with zero attached hydrogens (tertiary/aromatic N) is 2. The summed E-state index contributed by atoms with van der Waals surface area (Å²) in [5, 5.41) is 5.09. The quantitative estimate of drug-likeness (QED) is 0.659. The molecule has 0 bridgehead atoms. The number of nitrogens with one attached hydrogen (secondary N) is 1. The minimum absolute atomic E-state index is 0.228. The number of carbonyl (C=O) groups excluding carboxylic acids is 2. The van der Waals surface area contributed by atoms with Crippen LogP contribution in [-0.2, 0) is 16.0 Å². The van der Waals surface area contributed by atoms with Gasteiger partial charge in [0.15, 0.2) is 5.69 Å². The summed E-state index contributed by atoms with van der Waals surface area (Å²) in [6.07, 6.45) is 0. The van der Waals surface area contributed by atoms with Crippen LogP contribution in [0.5, 0.6) is 5.75 Å². The van der Waals surface area contributed by atoms with Crippen molar-refractivity contribution in [2.45, 2.75) is 13.5 Å². The van der Waals surface area contributed by atoms with Crippen LogP contribution in [0.25, 0.3) is 0 Å². The summed E-state index contributed by atoms with van der Waals surface area (Å²) in [7, 11) is 2.87. The zero-order chi connectivity index (χ0) is 19.6. The fourth-order valence-electron chi connectivity index (χ4n) is 2.24. The molecule has 2 aromatic rings. The molecule has 2 rings (SSSR count). The van der Waals surface area contributed by atoms with Gasteiger partial charge >= 0.3 is 12.0 Å². The van der Waals surface area contributed by atoms with E-state index < -0.39 is 5.97 Å². The summed E-state index contributed by atoms with van der Waals surface area (Å²) in [6.45, 7) is 3.36. The van der Waals surface area contributed by atoms with Crippen molar-refractivity contribution >= 4 is 29.0 Å². The Kier molecular flexibility index (Phi) is 8.02. The third kappa shape index (κ3) is 5.93. The Morgan fingerprint density at radius 1 is 1.26 bits per heavy atom. The number of carbonyl (C=O) groups is 2. The highest BCUT2D eigenvalue weighted by molar-refractivity contribution is 7.09. The van der Waals surface area contributed by atoms with Gasteiger partial charge in [0.05, 0.1) is 32.6 Å². The van der Waals surface area contributed by atoms with Crippen LogP contribution < -0.4 is 10.1 Å². The monoisotopic (exact) mass is 393 g/mol. The highest BCUT2D eigenvalue weighted by atomic mass is 32.1. The van der Waals surface area contributed by atoms with Gasteiger partial charge in [-0.3, -0.25) is 0 Å². The van der Waals surface area contributed by atoms with Crippen LogP contribution in [0, 0.1) is 0 Å². The first-order chi connectivity index (χ1) is 13.1. The van der Waals surface area contributed by atoms with Crippen LogP contribution in [-0.4, -0.2) is 55.9 Å². The van der Waals surface area contributed by atoms with Crippen molar-refractivity contribution in [2.75, 3.05) is 39.3 Å². The van der Waals surface area contributed by atoms with E-state index in [1.54, 1.807) is 29.5 Å². The number of hydrogen-bond donors (Lipinski definition) is 1. The number of amides is 2. The molecule has 0 aliphatic carbocycles. The van der Waals surface area contributed by atoms with Gasteiger partial charge in [0.25, 0.3) is 0 Å². The number of urea groups is 1. The number of methoxy groups -OCH3 is 2. The number of aromatic nitrogens is 1. The smallest absolute Gasteiger partial charge is 0.357 e. The molecule has 0 fully saturated rings. The highest BCUT2D eigenvalue weighted by Crippen LogP contribution is 2.24. The molecule has 0 unspecified atom stereocenters. The predicted molar refractivity (Wildman–Crippen MR) is 102 cm³/mol. The molecule has 2 amide bonds. The fourth-order valence-corrected chi connectivity index (χ4v) is 3.02. The molecule has 9 heteroatoms. The van der Waals surface area contributed by atoms with Crippen LogP contribution in [0.2, 0.25) is 0 Å². The molecule has 0 saturated carbocycles. The Morgan fingerprint density at radius 2 is 2.04 bits per heavy atom. The average Bonchev–Trinajstić information content (AvgIpc) is 3.14. The van der Waals surface area contributed by atoms with E-state index in [2.05, 4.69) is 15.0 Å². The van der Waals surface area contributed by atoms with Crippen LogP contribution >= 0.6 is 11.3 Å². The lowest BCUT2D eigenvalue weighted by Gasteiger charge is -2.22. The van der Waals surface area contributed by atoms with E-state index in [0.29, 0.717) is 36.2 Å². The van der Waals surface area contributed by atoms with E-state index in [4.69, 9.17) is 9.47 Å². The van der Waals surface area contributed by atoms with E-state index in [-0.39, 0.29) is 18.3 Å². The molecule has 0 spiro atoms. The Labute approximate surface area is 162 Å². The Bertz CT molecular complexity index is 765. The maximum atomic E-state index is 12.8. The number of anilines is 1. The summed E-state index contributed by atoms with van der Waals surface area (Å²) in [5.41, 5.74) is 0.812. The lowest BCUT2D eigenvalue weighted by molar-refractivity contribution is 0.0594. The van der Waals surface area contributed by atoms with Crippen molar-refractivity contribution in [1.29, 1.82) is 0 Å². The molecular weight excluding hydrogens is 370 g/mol. The molecule has 1 heterocycles. The maximum Gasteiger partial charge on any atom is 0.357 e. The SMILES string of the molecule is CCOc1ccccc1NC(=O)N(CCOC)Cc1nc(C(=O)OC)cs1. The van der Waals surface area contributed by atoms with E-state index >= 15 is 0 Å². The number of ether oxygens (including phenoxy) is 3. The number of hydrogen-bond acceptors (Lipinski definition) is 7. The zero-order valence-electron chi connectivity index (χ0n) is 15.6. The molecule has 1 aromatic carbocycles. The standard InChI is InChI=1S/C18H23N3O5S/c1-4-26-15-8-6-5-7-13(15)20-18(23)21(9-10-24-2)11-16-19-14(12-27-16)17(22)25-3/h5-8,12H,4,9-11H2,1-3H3,(H,20,23). The van der Waals surface area contributed by atoms with Gasteiger partial charge in [-0.15, -0.1) is 11.3 Å². The molecule has 1 aromatic heterocycles. The van der Waals surface area contributed by atoms with Crippen LogP contribution in [0.4, 0.5) is 10.5 Å².